The van der Waals surface area contributed by atoms with Crippen molar-refractivity contribution in [2.45, 2.75) is 52.6 Å². The molecule has 1 atom stereocenters. The first-order chi connectivity index (χ1) is 17.9. The van der Waals surface area contributed by atoms with E-state index >= 15 is 0 Å². The Bertz CT molecular complexity index is 1210. The Hall–Kier alpha value is -3.15. The second-order valence-corrected chi connectivity index (χ2v) is 10.7. The molecule has 1 amide bonds. The zero-order valence-electron chi connectivity index (χ0n) is 21.8. The third-order valence-corrected chi connectivity index (χ3v) is 7.68. The lowest BCUT2D eigenvalue weighted by molar-refractivity contribution is -0.123. The van der Waals surface area contributed by atoms with Crippen LogP contribution in [-0.4, -0.2) is 71.3 Å². The molecule has 1 unspecified atom stereocenters. The van der Waals surface area contributed by atoms with E-state index in [-0.39, 0.29) is 11.7 Å². The molecule has 0 aliphatic rings. The van der Waals surface area contributed by atoms with E-state index in [4.69, 9.17) is 0 Å². The van der Waals surface area contributed by atoms with E-state index in [0.717, 1.165) is 48.2 Å². The number of unbranched alkanes of at least 4 members (excludes halogenated alkanes) is 1. The fourth-order valence-corrected chi connectivity index (χ4v) is 5.32. The van der Waals surface area contributed by atoms with Crippen molar-refractivity contribution in [1.29, 1.82) is 0 Å². The van der Waals surface area contributed by atoms with Crippen molar-refractivity contribution < 1.29 is 13.2 Å². The van der Waals surface area contributed by atoms with Crippen LogP contribution in [0.5, 0.6) is 0 Å². The van der Waals surface area contributed by atoms with E-state index in [1.54, 1.807) is 0 Å². The van der Waals surface area contributed by atoms with Crippen LogP contribution in [0.25, 0.3) is 22.5 Å². The number of aromatic nitrogens is 4. The molecule has 3 N–H and O–H groups in total. The van der Waals surface area contributed by atoms with Gasteiger partial charge in [0, 0.05) is 18.7 Å². The summed E-state index contributed by atoms with van der Waals surface area (Å²) < 4.78 is 28.0. The van der Waals surface area contributed by atoms with Gasteiger partial charge >= 0.3 is 0 Å². The molecule has 0 fully saturated rings. The number of aromatic amines is 1. The van der Waals surface area contributed by atoms with E-state index in [0.29, 0.717) is 25.3 Å². The molecule has 3 aromatic rings. The number of H-pyrrole nitrogens is 1. The fourth-order valence-electron chi connectivity index (χ4n) is 4.05. The summed E-state index contributed by atoms with van der Waals surface area (Å²) in [4.78, 5) is 15.0. The summed E-state index contributed by atoms with van der Waals surface area (Å²) in [6, 6.07) is 14.9. The minimum absolute atomic E-state index is 0.0301. The van der Waals surface area contributed by atoms with E-state index in [2.05, 4.69) is 30.7 Å². The Kier molecular flexibility index (Phi) is 10.7. The highest BCUT2D eigenvalue weighted by Gasteiger charge is 2.24. The van der Waals surface area contributed by atoms with Crippen molar-refractivity contribution in [3.8, 4) is 22.5 Å². The molecule has 3 rings (SSSR count). The Balaban J connectivity index is 1.63. The molecule has 0 saturated heterocycles. The van der Waals surface area contributed by atoms with Gasteiger partial charge < -0.3 is 10.2 Å². The van der Waals surface area contributed by atoms with Gasteiger partial charge in [0.25, 0.3) is 0 Å². The number of rotatable bonds is 15. The quantitative estimate of drug-likeness (QED) is 0.277. The number of nitrogens with zero attached hydrogens (tertiary/aromatic N) is 4. The molecule has 0 bridgehead atoms. The van der Waals surface area contributed by atoms with Crippen LogP contribution in [-0.2, 0) is 21.4 Å². The molecular formula is C26H37N7O3S. The van der Waals surface area contributed by atoms with Gasteiger partial charge in [-0.15, -0.1) is 5.10 Å². The van der Waals surface area contributed by atoms with Crippen molar-refractivity contribution >= 4 is 15.9 Å². The summed E-state index contributed by atoms with van der Waals surface area (Å²) in [5.41, 5.74) is 3.77. The minimum Gasteiger partial charge on any atom is -0.351 e. The lowest BCUT2D eigenvalue weighted by atomic mass is 9.98. The molecule has 2 aromatic carbocycles. The Morgan fingerprint density at radius 2 is 1.73 bits per heavy atom. The standard InChI is InChI=1S/C26H37N7O3S/c1-4-7-12-24(30-37(35,36)18-17-33(5-2)6-3)26(34)27-19-20-13-15-21(16-14-20)22-10-8-9-11-23(22)25-28-31-32-29-25/h8-11,13-16,24,30H,4-7,12,17-19H2,1-3H3,(H,27,34)(H,28,29,31,32). The van der Waals surface area contributed by atoms with Gasteiger partial charge in [0.2, 0.25) is 15.9 Å². The number of benzene rings is 2. The van der Waals surface area contributed by atoms with Gasteiger partial charge in [-0.05, 0) is 46.6 Å². The Labute approximate surface area is 219 Å². The summed E-state index contributed by atoms with van der Waals surface area (Å²) in [6.07, 6.45) is 2.09. The molecule has 0 aliphatic heterocycles. The van der Waals surface area contributed by atoms with Crippen molar-refractivity contribution in [2.75, 3.05) is 25.4 Å². The summed E-state index contributed by atoms with van der Waals surface area (Å²) in [6.45, 7) is 8.33. The summed E-state index contributed by atoms with van der Waals surface area (Å²) in [7, 11) is -3.58. The normalized spacial score (nSPS) is 12.5. The average Bonchev–Trinajstić information content (AvgIpc) is 3.45. The molecule has 37 heavy (non-hydrogen) atoms. The number of tetrazole rings is 1. The van der Waals surface area contributed by atoms with Crippen LogP contribution in [0.3, 0.4) is 0 Å². The van der Waals surface area contributed by atoms with Gasteiger partial charge in [-0.3, -0.25) is 4.79 Å². The zero-order valence-corrected chi connectivity index (χ0v) is 22.6. The van der Waals surface area contributed by atoms with Gasteiger partial charge in [-0.25, -0.2) is 18.2 Å². The van der Waals surface area contributed by atoms with Crippen LogP contribution in [0.2, 0.25) is 0 Å². The third kappa shape index (κ3) is 8.44. The number of carbonyl (C=O) groups is 1. The van der Waals surface area contributed by atoms with Gasteiger partial charge in [0.15, 0.2) is 5.82 Å². The van der Waals surface area contributed by atoms with Gasteiger partial charge in [-0.1, -0.05) is 82.1 Å². The van der Waals surface area contributed by atoms with Crippen LogP contribution in [0.1, 0.15) is 45.6 Å². The number of nitrogens with one attached hydrogen (secondary N) is 3. The lowest BCUT2D eigenvalue weighted by Crippen LogP contribution is -2.48. The summed E-state index contributed by atoms with van der Waals surface area (Å²) in [5, 5.41) is 17.0. The van der Waals surface area contributed by atoms with Crippen LogP contribution in [0.4, 0.5) is 0 Å². The zero-order chi connectivity index (χ0) is 26.7. The van der Waals surface area contributed by atoms with Gasteiger partial charge in [-0.2, -0.15) is 0 Å². The molecule has 1 aromatic heterocycles. The largest absolute Gasteiger partial charge is 0.351 e. The van der Waals surface area contributed by atoms with E-state index in [9.17, 15) is 13.2 Å². The predicted molar refractivity (Wildman–Crippen MR) is 145 cm³/mol. The van der Waals surface area contributed by atoms with E-state index < -0.39 is 16.1 Å². The molecule has 0 spiro atoms. The van der Waals surface area contributed by atoms with Crippen molar-refractivity contribution in [2.24, 2.45) is 0 Å². The number of hydrogen-bond donors (Lipinski definition) is 3. The molecule has 0 saturated carbocycles. The number of hydrogen-bond acceptors (Lipinski definition) is 7. The first-order valence-corrected chi connectivity index (χ1v) is 14.4. The topological polar surface area (TPSA) is 133 Å². The number of sulfonamides is 1. The number of carbonyl (C=O) groups excluding carboxylic acids is 1. The molecule has 200 valence electrons. The first-order valence-electron chi connectivity index (χ1n) is 12.8. The van der Waals surface area contributed by atoms with Gasteiger partial charge in [0.05, 0.1) is 5.75 Å². The van der Waals surface area contributed by atoms with Crippen LogP contribution in [0.15, 0.2) is 48.5 Å². The predicted octanol–water partition coefficient (Wildman–Crippen LogP) is 2.97. The Morgan fingerprint density at radius 3 is 2.35 bits per heavy atom. The number of amides is 1. The molecule has 11 heteroatoms. The van der Waals surface area contributed by atoms with Gasteiger partial charge in [0.1, 0.15) is 6.04 Å². The maximum atomic E-state index is 12.9. The smallest absolute Gasteiger partial charge is 0.238 e. The second-order valence-electron chi connectivity index (χ2n) is 8.87. The minimum atomic E-state index is -3.58. The first kappa shape index (κ1) is 28.4. The van der Waals surface area contributed by atoms with Crippen LogP contribution < -0.4 is 10.0 Å². The average molecular weight is 528 g/mol. The highest BCUT2D eigenvalue weighted by atomic mass is 32.2. The van der Waals surface area contributed by atoms with E-state index in [1.165, 1.54) is 0 Å². The van der Waals surface area contributed by atoms with E-state index in [1.807, 2.05) is 74.2 Å². The van der Waals surface area contributed by atoms with Crippen LogP contribution in [0, 0.1) is 0 Å². The summed E-state index contributed by atoms with van der Waals surface area (Å²) in [5.74, 6) is 0.245. The van der Waals surface area contributed by atoms with Crippen molar-refractivity contribution in [3.05, 3.63) is 54.1 Å². The maximum Gasteiger partial charge on any atom is 0.238 e. The molecule has 1 heterocycles. The molecular weight excluding hydrogens is 490 g/mol. The highest BCUT2D eigenvalue weighted by Crippen LogP contribution is 2.29. The highest BCUT2D eigenvalue weighted by molar-refractivity contribution is 7.89. The van der Waals surface area contributed by atoms with Crippen molar-refractivity contribution in [3.63, 3.8) is 0 Å². The second kappa shape index (κ2) is 14.0. The monoisotopic (exact) mass is 527 g/mol. The van der Waals surface area contributed by atoms with Crippen LogP contribution >= 0.6 is 0 Å². The fraction of sp³-hybridized carbons (Fsp3) is 0.462. The molecule has 10 nitrogen and oxygen atoms in total. The third-order valence-electron chi connectivity index (χ3n) is 6.31. The Morgan fingerprint density at radius 1 is 1.03 bits per heavy atom. The molecule has 0 aliphatic carbocycles. The SMILES string of the molecule is CCCCC(NS(=O)(=O)CCN(CC)CC)C(=O)NCc1ccc(-c2ccccc2-c2nnn[nH]2)cc1. The maximum absolute atomic E-state index is 12.9. The lowest BCUT2D eigenvalue weighted by Gasteiger charge is -2.21. The summed E-state index contributed by atoms with van der Waals surface area (Å²) >= 11 is 0. The van der Waals surface area contributed by atoms with Crippen molar-refractivity contribution in [1.82, 2.24) is 35.6 Å². The molecule has 0 radical (unpaired) electrons.